The van der Waals surface area contributed by atoms with Gasteiger partial charge in [-0.2, -0.15) is 0 Å². The topological polar surface area (TPSA) is 70.1 Å². The molecular formula is C27H32N2O4. The normalized spacial score (nSPS) is 16.3. The Bertz CT molecular complexity index is 1010. The summed E-state index contributed by atoms with van der Waals surface area (Å²) in [6.07, 6.45) is 3.12. The van der Waals surface area contributed by atoms with Crippen LogP contribution in [0, 0.1) is 0 Å². The molecule has 1 heterocycles. The Hall–Kier alpha value is -3.38. The second-order valence-electron chi connectivity index (χ2n) is 7.80. The minimum Gasteiger partial charge on any atom is -0.503 e. The van der Waals surface area contributed by atoms with Crippen molar-refractivity contribution in [2.24, 2.45) is 0 Å². The van der Waals surface area contributed by atoms with Gasteiger partial charge in [0.05, 0.1) is 18.2 Å². The third-order valence-corrected chi connectivity index (χ3v) is 5.85. The van der Waals surface area contributed by atoms with E-state index in [1.807, 2.05) is 61.5 Å². The standard InChI is InChI=1S/C27H32N2O4/c1-4-28(5-2)18-19-29-25(21-13-15-22(16-14-21)33-6-3)24(26(31)27(29)32)23(30)17-12-20-10-8-7-9-11-20/h7-17,25,31H,4-6,18-19H2,1-3H3/b17-12+. The fraction of sp³-hybridized carbons (Fsp3) is 0.333. The Kier molecular flexibility index (Phi) is 8.44. The third kappa shape index (κ3) is 5.71. The molecule has 1 atom stereocenters. The monoisotopic (exact) mass is 448 g/mol. The molecule has 0 fully saturated rings. The lowest BCUT2D eigenvalue weighted by Crippen LogP contribution is -2.38. The summed E-state index contributed by atoms with van der Waals surface area (Å²) >= 11 is 0. The van der Waals surface area contributed by atoms with Crippen LogP contribution in [0.4, 0.5) is 0 Å². The van der Waals surface area contributed by atoms with Crippen LogP contribution in [0.25, 0.3) is 6.08 Å². The summed E-state index contributed by atoms with van der Waals surface area (Å²) in [5.41, 5.74) is 1.73. The first-order chi connectivity index (χ1) is 16.0. The molecule has 1 unspecified atom stereocenters. The van der Waals surface area contributed by atoms with E-state index in [0.717, 1.165) is 24.2 Å². The fourth-order valence-electron chi connectivity index (χ4n) is 4.01. The van der Waals surface area contributed by atoms with Crippen molar-refractivity contribution in [1.29, 1.82) is 0 Å². The number of carbonyl (C=O) groups excluding carboxylic acids is 2. The van der Waals surface area contributed by atoms with Crippen LogP contribution in [0.1, 0.15) is 37.9 Å². The summed E-state index contributed by atoms with van der Waals surface area (Å²) in [6, 6.07) is 16.1. The molecule has 1 N–H and O–H groups in total. The molecule has 6 heteroatoms. The van der Waals surface area contributed by atoms with Gasteiger partial charge in [-0.05, 0) is 49.3 Å². The number of aliphatic hydroxyl groups is 1. The van der Waals surface area contributed by atoms with E-state index in [1.165, 1.54) is 6.08 Å². The van der Waals surface area contributed by atoms with Crippen LogP contribution in [0.3, 0.4) is 0 Å². The summed E-state index contributed by atoms with van der Waals surface area (Å²) in [7, 11) is 0. The first kappa shape index (κ1) is 24.3. The number of amides is 1. The smallest absolute Gasteiger partial charge is 0.290 e. The number of ether oxygens (including phenoxy) is 1. The lowest BCUT2D eigenvalue weighted by atomic mass is 9.95. The molecule has 1 aliphatic rings. The van der Waals surface area contributed by atoms with Gasteiger partial charge in [-0.15, -0.1) is 0 Å². The number of nitrogens with zero attached hydrogens (tertiary/aromatic N) is 2. The van der Waals surface area contributed by atoms with Gasteiger partial charge in [-0.3, -0.25) is 9.59 Å². The van der Waals surface area contributed by atoms with Gasteiger partial charge in [-0.1, -0.05) is 62.4 Å². The zero-order valence-corrected chi connectivity index (χ0v) is 19.5. The van der Waals surface area contributed by atoms with Gasteiger partial charge in [0, 0.05) is 13.1 Å². The summed E-state index contributed by atoms with van der Waals surface area (Å²) in [6.45, 7) is 9.37. The molecule has 0 spiro atoms. The molecular weight excluding hydrogens is 416 g/mol. The van der Waals surface area contributed by atoms with E-state index in [0.29, 0.717) is 25.4 Å². The van der Waals surface area contributed by atoms with Crippen molar-refractivity contribution in [3.8, 4) is 5.75 Å². The second-order valence-corrected chi connectivity index (χ2v) is 7.80. The zero-order chi connectivity index (χ0) is 23.8. The number of hydrogen-bond acceptors (Lipinski definition) is 5. The Balaban J connectivity index is 1.94. The van der Waals surface area contributed by atoms with E-state index in [2.05, 4.69) is 18.7 Å². The van der Waals surface area contributed by atoms with E-state index in [1.54, 1.807) is 11.0 Å². The van der Waals surface area contributed by atoms with Crippen LogP contribution in [-0.2, 0) is 9.59 Å². The highest BCUT2D eigenvalue weighted by Crippen LogP contribution is 2.38. The number of likely N-dealkylation sites (N-methyl/N-ethyl adjacent to an activating group) is 1. The third-order valence-electron chi connectivity index (χ3n) is 5.85. The Morgan fingerprint density at radius 1 is 1.06 bits per heavy atom. The van der Waals surface area contributed by atoms with Gasteiger partial charge in [0.1, 0.15) is 5.75 Å². The minimum absolute atomic E-state index is 0.107. The lowest BCUT2D eigenvalue weighted by Gasteiger charge is -2.29. The second kappa shape index (κ2) is 11.5. The summed E-state index contributed by atoms with van der Waals surface area (Å²) in [5, 5.41) is 10.7. The average Bonchev–Trinajstić information content (AvgIpc) is 3.09. The molecule has 3 rings (SSSR count). The van der Waals surface area contributed by atoms with Gasteiger partial charge in [0.15, 0.2) is 11.5 Å². The molecule has 0 aromatic heterocycles. The zero-order valence-electron chi connectivity index (χ0n) is 19.5. The predicted octanol–water partition coefficient (Wildman–Crippen LogP) is 4.41. The van der Waals surface area contributed by atoms with Crippen molar-refractivity contribution in [1.82, 2.24) is 9.80 Å². The number of ketones is 1. The van der Waals surface area contributed by atoms with Crippen molar-refractivity contribution in [2.75, 3.05) is 32.8 Å². The Morgan fingerprint density at radius 3 is 2.33 bits per heavy atom. The average molecular weight is 449 g/mol. The molecule has 2 aromatic rings. The number of benzene rings is 2. The van der Waals surface area contributed by atoms with Crippen LogP contribution < -0.4 is 4.74 Å². The van der Waals surface area contributed by atoms with Crippen LogP contribution in [-0.4, -0.2) is 59.4 Å². The highest BCUT2D eigenvalue weighted by atomic mass is 16.5. The minimum atomic E-state index is -0.656. The lowest BCUT2D eigenvalue weighted by molar-refractivity contribution is -0.129. The van der Waals surface area contributed by atoms with Crippen LogP contribution in [0.5, 0.6) is 5.75 Å². The molecule has 174 valence electrons. The quantitative estimate of drug-likeness (QED) is 0.516. The Morgan fingerprint density at radius 2 is 1.73 bits per heavy atom. The molecule has 0 radical (unpaired) electrons. The summed E-state index contributed by atoms with van der Waals surface area (Å²) in [4.78, 5) is 30.0. The summed E-state index contributed by atoms with van der Waals surface area (Å²) < 4.78 is 5.54. The maximum Gasteiger partial charge on any atom is 0.290 e. The largest absolute Gasteiger partial charge is 0.503 e. The molecule has 1 amide bonds. The number of allylic oxidation sites excluding steroid dienone is 1. The molecule has 0 aliphatic carbocycles. The molecule has 0 bridgehead atoms. The number of rotatable bonds is 11. The fourth-order valence-corrected chi connectivity index (χ4v) is 4.01. The number of aliphatic hydroxyl groups excluding tert-OH is 1. The summed E-state index contributed by atoms with van der Waals surface area (Å²) in [5.74, 6) is -0.659. The van der Waals surface area contributed by atoms with E-state index in [-0.39, 0.29) is 11.4 Å². The predicted molar refractivity (Wildman–Crippen MR) is 130 cm³/mol. The van der Waals surface area contributed by atoms with Crippen LogP contribution in [0.2, 0.25) is 0 Å². The maximum atomic E-state index is 13.2. The number of carbonyl (C=O) groups is 2. The van der Waals surface area contributed by atoms with Crippen molar-refractivity contribution in [2.45, 2.75) is 26.8 Å². The van der Waals surface area contributed by atoms with Crippen molar-refractivity contribution in [3.05, 3.63) is 83.1 Å². The highest BCUT2D eigenvalue weighted by molar-refractivity contribution is 6.14. The first-order valence-electron chi connectivity index (χ1n) is 11.5. The van der Waals surface area contributed by atoms with E-state index >= 15 is 0 Å². The SMILES string of the molecule is CCOc1ccc(C2C(C(=O)/C=C/c3ccccc3)=C(O)C(=O)N2CCN(CC)CC)cc1. The van der Waals surface area contributed by atoms with Crippen molar-refractivity contribution < 1.29 is 19.4 Å². The van der Waals surface area contributed by atoms with Gasteiger partial charge in [0.25, 0.3) is 5.91 Å². The first-order valence-corrected chi connectivity index (χ1v) is 11.5. The highest BCUT2D eigenvalue weighted by Gasteiger charge is 2.42. The van der Waals surface area contributed by atoms with E-state index in [4.69, 9.17) is 4.74 Å². The van der Waals surface area contributed by atoms with Crippen LogP contribution in [0.15, 0.2) is 72.0 Å². The van der Waals surface area contributed by atoms with Crippen molar-refractivity contribution in [3.63, 3.8) is 0 Å². The van der Waals surface area contributed by atoms with Crippen molar-refractivity contribution >= 4 is 17.8 Å². The molecule has 6 nitrogen and oxygen atoms in total. The van der Waals surface area contributed by atoms with Gasteiger partial charge >= 0.3 is 0 Å². The molecule has 2 aromatic carbocycles. The van der Waals surface area contributed by atoms with Gasteiger partial charge in [-0.25, -0.2) is 0 Å². The van der Waals surface area contributed by atoms with E-state index in [9.17, 15) is 14.7 Å². The molecule has 1 aliphatic heterocycles. The molecule has 0 saturated heterocycles. The molecule has 33 heavy (non-hydrogen) atoms. The Labute approximate surface area is 195 Å². The van der Waals surface area contributed by atoms with Gasteiger partial charge in [0.2, 0.25) is 0 Å². The number of hydrogen-bond donors (Lipinski definition) is 1. The maximum absolute atomic E-state index is 13.2. The molecule has 0 saturated carbocycles. The van der Waals surface area contributed by atoms with Gasteiger partial charge < -0.3 is 19.6 Å². The van der Waals surface area contributed by atoms with Crippen LogP contribution >= 0.6 is 0 Å². The van der Waals surface area contributed by atoms with E-state index < -0.39 is 17.7 Å².